The maximum absolute atomic E-state index is 13.5. The molecule has 1 N–H and O–H groups in total. The zero-order chi connectivity index (χ0) is 23.0. The van der Waals surface area contributed by atoms with E-state index in [0.29, 0.717) is 5.56 Å². The van der Waals surface area contributed by atoms with Crippen molar-refractivity contribution >= 4 is 43.9 Å². The Balaban J connectivity index is 1.34. The van der Waals surface area contributed by atoms with Crippen molar-refractivity contribution in [2.24, 2.45) is 0 Å². The van der Waals surface area contributed by atoms with Gasteiger partial charge in [0.2, 0.25) is 0 Å². The number of carbonyl (C=O) groups excluding carboxylic acids is 1. The SMILES string of the molecule is CC1(C)c2ccccc2-c2ccc(C(=O)Nc3cc4cccc5ccc6cccc3c6c54)cc21. The van der Waals surface area contributed by atoms with E-state index in [9.17, 15) is 4.79 Å². The molecule has 1 aliphatic carbocycles. The van der Waals surface area contributed by atoms with Gasteiger partial charge in [0.15, 0.2) is 0 Å². The summed E-state index contributed by atoms with van der Waals surface area (Å²) in [6, 6.07) is 33.8. The molecule has 0 unspecified atom stereocenters. The van der Waals surface area contributed by atoms with Crippen LogP contribution < -0.4 is 5.32 Å². The van der Waals surface area contributed by atoms with E-state index >= 15 is 0 Å². The highest BCUT2D eigenvalue weighted by Crippen LogP contribution is 2.48. The van der Waals surface area contributed by atoms with Crippen molar-refractivity contribution in [3.8, 4) is 11.1 Å². The van der Waals surface area contributed by atoms with Gasteiger partial charge < -0.3 is 5.32 Å². The van der Waals surface area contributed by atoms with Crippen LogP contribution >= 0.6 is 0 Å². The molecular formula is C32H23NO. The molecule has 6 aromatic carbocycles. The molecule has 0 saturated carbocycles. The molecule has 0 bridgehead atoms. The van der Waals surface area contributed by atoms with Crippen molar-refractivity contribution in [3.05, 3.63) is 114 Å². The molecule has 0 saturated heterocycles. The Hall–Kier alpha value is -4.17. The second-order valence-electron chi connectivity index (χ2n) is 9.86. The average molecular weight is 438 g/mol. The van der Waals surface area contributed by atoms with Crippen molar-refractivity contribution < 1.29 is 4.79 Å². The monoisotopic (exact) mass is 437 g/mol. The van der Waals surface area contributed by atoms with Crippen LogP contribution in [0.4, 0.5) is 5.69 Å². The molecular weight excluding hydrogens is 414 g/mol. The summed E-state index contributed by atoms with van der Waals surface area (Å²) >= 11 is 0. The zero-order valence-corrected chi connectivity index (χ0v) is 19.1. The fraction of sp³-hybridized carbons (Fsp3) is 0.0938. The predicted molar refractivity (Wildman–Crippen MR) is 142 cm³/mol. The summed E-state index contributed by atoms with van der Waals surface area (Å²) in [5.74, 6) is -0.0793. The topological polar surface area (TPSA) is 29.1 Å². The molecule has 2 heteroatoms. The molecule has 0 radical (unpaired) electrons. The molecule has 0 atom stereocenters. The molecule has 0 spiro atoms. The Morgan fingerprint density at radius 1 is 0.647 bits per heavy atom. The fourth-order valence-corrected chi connectivity index (χ4v) is 5.91. The lowest BCUT2D eigenvalue weighted by molar-refractivity contribution is 0.102. The Morgan fingerprint density at radius 2 is 1.35 bits per heavy atom. The van der Waals surface area contributed by atoms with Crippen LogP contribution in [-0.4, -0.2) is 5.91 Å². The highest BCUT2D eigenvalue weighted by atomic mass is 16.1. The van der Waals surface area contributed by atoms with E-state index in [4.69, 9.17) is 0 Å². The van der Waals surface area contributed by atoms with E-state index in [0.717, 1.165) is 16.5 Å². The van der Waals surface area contributed by atoms with E-state index in [1.807, 2.05) is 6.07 Å². The number of benzene rings is 6. The third kappa shape index (κ3) is 2.54. The lowest BCUT2D eigenvalue weighted by atomic mass is 9.82. The maximum atomic E-state index is 13.5. The third-order valence-electron chi connectivity index (χ3n) is 7.60. The van der Waals surface area contributed by atoms with E-state index in [1.165, 1.54) is 43.8 Å². The summed E-state index contributed by atoms with van der Waals surface area (Å²) in [5, 5.41) is 10.3. The minimum atomic E-state index is -0.132. The number of amides is 1. The largest absolute Gasteiger partial charge is 0.321 e. The van der Waals surface area contributed by atoms with Crippen LogP contribution in [0.15, 0.2) is 97.1 Å². The van der Waals surface area contributed by atoms with E-state index in [2.05, 4.69) is 110 Å². The lowest BCUT2D eigenvalue weighted by Gasteiger charge is -2.22. The number of anilines is 1. The number of hydrogen-bond acceptors (Lipinski definition) is 1. The first-order valence-corrected chi connectivity index (χ1v) is 11.7. The minimum Gasteiger partial charge on any atom is -0.321 e. The highest BCUT2D eigenvalue weighted by Gasteiger charge is 2.35. The quantitative estimate of drug-likeness (QED) is 0.272. The average Bonchev–Trinajstić information content (AvgIpc) is 3.09. The van der Waals surface area contributed by atoms with E-state index < -0.39 is 0 Å². The molecule has 7 rings (SSSR count). The van der Waals surface area contributed by atoms with Crippen molar-refractivity contribution in [2.75, 3.05) is 5.32 Å². The van der Waals surface area contributed by atoms with Crippen molar-refractivity contribution in [1.82, 2.24) is 0 Å². The first-order valence-electron chi connectivity index (χ1n) is 11.7. The summed E-state index contributed by atoms with van der Waals surface area (Å²) in [7, 11) is 0. The van der Waals surface area contributed by atoms with Gasteiger partial charge in [-0.3, -0.25) is 4.79 Å². The number of rotatable bonds is 2. The number of nitrogens with one attached hydrogen (secondary N) is 1. The summed E-state index contributed by atoms with van der Waals surface area (Å²) in [4.78, 5) is 13.5. The van der Waals surface area contributed by atoms with Crippen molar-refractivity contribution in [2.45, 2.75) is 19.3 Å². The van der Waals surface area contributed by atoms with Gasteiger partial charge in [0.05, 0.1) is 0 Å². The van der Waals surface area contributed by atoms with Gasteiger partial charge in [-0.2, -0.15) is 0 Å². The van der Waals surface area contributed by atoms with Gasteiger partial charge in [-0.15, -0.1) is 0 Å². The maximum Gasteiger partial charge on any atom is 0.255 e. The molecule has 2 nitrogen and oxygen atoms in total. The van der Waals surface area contributed by atoms with Gasteiger partial charge in [0.25, 0.3) is 5.91 Å². The predicted octanol–water partition coefficient (Wildman–Crippen LogP) is 8.14. The van der Waals surface area contributed by atoms with Crippen LogP contribution in [-0.2, 0) is 5.41 Å². The van der Waals surface area contributed by atoms with Gasteiger partial charge in [0.1, 0.15) is 0 Å². The molecule has 0 aliphatic heterocycles. The van der Waals surface area contributed by atoms with Gasteiger partial charge in [-0.1, -0.05) is 92.7 Å². The van der Waals surface area contributed by atoms with Crippen LogP contribution in [0.5, 0.6) is 0 Å². The number of fused-ring (bicyclic) bond motifs is 3. The van der Waals surface area contributed by atoms with Crippen LogP contribution in [0.3, 0.4) is 0 Å². The van der Waals surface area contributed by atoms with Gasteiger partial charge in [-0.25, -0.2) is 0 Å². The summed E-state index contributed by atoms with van der Waals surface area (Å²) in [5.41, 5.74) is 6.41. The van der Waals surface area contributed by atoms with Crippen molar-refractivity contribution in [1.29, 1.82) is 0 Å². The van der Waals surface area contributed by atoms with Crippen LogP contribution in [0.2, 0.25) is 0 Å². The highest BCUT2D eigenvalue weighted by molar-refractivity contribution is 6.27. The van der Waals surface area contributed by atoms with Gasteiger partial charge in [-0.05, 0) is 67.4 Å². The molecule has 162 valence electrons. The second kappa shape index (κ2) is 6.68. The molecule has 6 aromatic rings. The third-order valence-corrected chi connectivity index (χ3v) is 7.60. The van der Waals surface area contributed by atoms with Crippen molar-refractivity contribution in [3.63, 3.8) is 0 Å². The number of carbonyl (C=O) groups is 1. The molecule has 34 heavy (non-hydrogen) atoms. The molecule has 0 heterocycles. The summed E-state index contributed by atoms with van der Waals surface area (Å²) in [6.45, 7) is 4.47. The van der Waals surface area contributed by atoms with Crippen LogP contribution in [0, 0.1) is 0 Å². The minimum absolute atomic E-state index is 0.0793. The Kier molecular flexibility index (Phi) is 3.79. The zero-order valence-electron chi connectivity index (χ0n) is 19.1. The molecule has 0 fully saturated rings. The van der Waals surface area contributed by atoms with Crippen LogP contribution in [0.25, 0.3) is 43.4 Å². The Morgan fingerprint density at radius 3 is 2.21 bits per heavy atom. The Bertz CT molecular complexity index is 1780. The molecule has 0 aromatic heterocycles. The van der Waals surface area contributed by atoms with Gasteiger partial charge >= 0.3 is 0 Å². The standard InChI is InChI=1S/C32H23NO/c1-32(2)26-12-4-3-10-23(26)24-16-15-22(17-27(24)32)31(34)33-28-18-21-9-5-7-19-13-14-20-8-6-11-25(28)30(20)29(19)21/h3-18H,1-2H3,(H,33,34). The van der Waals surface area contributed by atoms with E-state index in [-0.39, 0.29) is 11.3 Å². The number of hydrogen-bond donors (Lipinski definition) is 1. The lowest BCUT2D eigenvalue weighted by Crippen LogP contribution is -2.17. The molecule has 1 amide bonds. The molecule has 1 aliphatic rings. The van der Waals surface area contributed by atoms with E-state index in [1.54, 1.807) is 0 Å². The normalized spacial score (nSPS) is 13.9. The van der Waals surface area contributed by atoms with Gasteiger partial charge in [0, 0.05) is 22.1 Å². The Labute approximate surface area is 198 Å². The first-order chi connectivity index (χ1) is 16.5. The fourth-order valence-electron chi connectivity index (χ4n) is 5.91. The second-order valence-corrected chi connectivity index (χ2v) is 9.86. The smallest absolute Gasteiger partial charge is 0.255 e. The summed E-state index contributed by atoms with van der Waals surface area (Å²) in [6.07, 6.45) is 0. The first kappa shape index (κ1) is 19.3. The summed E-state index contributed by atoms with van der Waals surface area (Å²) < 4.78 is 0. The van der Waals surface area contributed by atoms with Crippen LogP contribution in [0.1, 0.15) is 35.3 Å².